The number of hydrogen-bond acceptors (Lipinski definition) is 4. The van der Waals surface area contributed by atoms with Crippen molar-refractivity contribution >= 4 is 17.6 Å². The second-order valence-electron chi connectivity index (χ2n) is 5.79. The van der Waals surface area contributed by atoms with Gasteiger partial charge in [-0.3, -0.25) is 4.79 Å². The zero-order valence-electron chi connectivity index (χ0n) is 13.6. The Morgan fingerprint density at radius 2 is 1.76 bits per heavy atom. The number of esters is 1. The molecule has 0 unspecified atom stereocenters. The van der Waals surface area contributed by atoms with Crippen molar-refractivity contribution < 1.29 is 23.5 Å². The maximum absolute atomic E-state index is 12.8. The Balaban J connectivity index is 1.40. The van der Waals surface area contributed by atoms with E-state index in [2.05, 4.69) is 5.32 Å². The fourth-order valence-electron chi connectivity index (χ4n) is 2.70. The quantitative estimate of drug-likeness (QED) is 0.819. The van der Waals surface area contributed by atoms with Crippen LogP contribution in [0.2, 0.25) is 0 Å². The number of nitrogens with one attached hydrogen (secondary N) is 1. The first-order valence-electron chi connectivity index (χ1n) is 8.06. The summed E-state index contributed by atoms with van der Waals surface area (Å²) in [6.45, 7) is -0.688. The minimum absolute atomic E-state index is 0.261. The average Bonchev–Trinajstić information content (AvgIpc) is 3.08. The van der Waals surface area contributed by atoms with E-state index in [0.717, 1.165) is 19.3 Å². The molecule has 0 radical (unpaired) electrons. The van der Waals surface area contributed by atoms with Crippen molar-refractivity contribution in [1.82, 2.24) is 0 Å². The van der Waals surface area contributed by atoms with E-state index in [0.29, 0.717) is 11.4 Å². The first kappa shape index (κ1) is 17.0. The molecule has 0 atom stereocenters. The standard InChI is InChI=1S/C19H18FNO4/c20-15-5-7-16(8-6-15)21-18(22)11-25-19(23)12-24-17-9-4-13-2-1-3-14(13)10-17/h4-10H,1-3,11-12H2,(H,21,22). The molecule has 5 nitrogen and oxygen atoms in total. The average molecular weight is 343 g/mol. The molecule has 1 N–H and O–H groups in total. The minimum atomic E-state index is -0.630. The Hall–Kier alpha value is -2.89. The van der Waals surface area contributed by atoms with Crippen LogP contribution in [-0.4, -0.2) is 25.1 Å². The van der Waals surface area contributed by atoms with Crippen LogP contribution >= 0.6 is 0 Å². The van der Waals surface area contributed by atoms with Gasteiger partial charge in [0.1, 0.15) is 11.6 Å². The summed E-state index contributed by atoms with van der Waals surface area (Å²) in [4.78, 5) is 23.4. The van der Waals surface area contributed by atoms with Gasteiger partial charge < -0.3 is 14.8 Å². The van der Waals surface area contributed by atoms with Gasteiger partial charge in [-0.05, 0) is 66.8 Å². The summed E-state index contributed by atoms with van der Waals surface area (Å²) < 4.78 is 23.1. The lowest BCUT2D eigenvalue weighted by Crippen LogP contribution is -2.23. The number of amides is 1. The van der Waals surface area contributed by atoms with Crippen molar-refractivity contribution in [2.24, 2.45) is 0 Å². The molecule has 0 saturated carbocycles. The monoisotopic (exact) mass is 343 g/mol. The molecule has 3 rings (SSSR count). The van der Waals surface area contributed by atoms with Crippen LogP contribution in [0.5, 0.6) is 5.75 Å². The van der Waals surface area contributed by atoms with Gasteiger partial charge in [-0.15, -0.1) is 0 Å². The second-order valence-corrected chi connectivity index (χ2v) is 5.79. The molecular weight excluding hydrogens is 325 g/mol. The summed E-state index contributed by atoms with van der Waals surface area (Å²) in [5.41, 5.74) is 3.01. The maximum atomic E-state index is 12.8. The molecule has 130 valence electrons. The van der Waals surface area contributed by atoms with E-state index in [9.17, 15) is 14.0 Å². The number of rotatable bonds is 6. The van der Waals surface area contributed by atoms with Crippen LogP contribution in [-0.2, 0) is 27.2 Å². The van der Waals surface area contributed by atoms with E-state index >= 15 is 0 Å². The Labute approximate surface area is 144 Å². The third-order valence-electron chi connectivity index (χ3n) is 3.92. The molecule has 2 aromatic carbocycles. The molecule has 1 aliphatic carbocycles. The molecule has 2 aromatic rings. The van der Waals surface area contributed by atoms with Crippen LogP contribution in [0, 0.1) is 5.82 Å². The Morgan fingerprint density at radius 1 is 1.00 bits per heavy atom. The van der Waals surface area contributed by atoms with Crippen LogP contribution in [0.3, 0.4) is 0 Å². The van der Waals surface area contributed by atoms with Crippen molar-refractivity contribution in [1.29, 1.82) is 0 Å². The highest BCUT2D eigenvalue weighted by atomic mass is 19.1. The second kappa shape index (κ2) is 7.79. The lowest BCUT2D eigenvalue weighted by atomic mass is 10.1. The van der Waals surface area contributed by atoms with Gasteiger partial charge in [0, 0.05) is 5.69 Å². The highest BCUT2D eigenvalue weighted by Gasteiger charge is 2.13. The molecular formula is C19H18FNO4. The van der Waals surface area contributed by atoms with Crippen molar-refractivity contribution in [3.63, 3.8) is 0 Å². The Bertz CT molecular complexity index is 773. The van der Waals surface area contributed by atoms with Crippen LogP contribution < -0.4 is 10.1 Å². The van der Waals surface area contributed by atoms with Crippen molar-refractivity contribution in [3.8, 4) is 5.75 Å². The SMILES string of the molecule is O=C(COC(=O)COc1ccc2c(c1)CCC2)Nc1ccc(F)cc1. The van der Waals surface area contributed by atoms with Crippen LogP contribution in [0.25, 0.3) is 0 Å². The van der Waals surface area contributed by atoms with Crippen LogP contribution in [0.1, 0.15) is 17.5 Å². The van der Waals surface area contributed by atoms with E-state index in [1.165, 1.54) is 35.4 Å². The van der Waals surface area contributed by atoms with Gasteiger partial charge in [0.2, 0.25) is 0 Å². The largest absolute Gasteiger partial charge is 0.482 e. The number of benzene rings is 2. The van der Waals surface area contributed by atoms with Crippen LogP contribution in [0.15, 0.2) is 42.5 Å². The van der Waals surface area contributed by atoms with E-state index in [1.807, 2.05) is 18.2 Å². The molecule has 0 aromatic heterocycles. The zero-order valence-corrected chi connectivity index (χ0v) is 13.6. The lowest BCUT2D eigenvalue weighted by molar-refractivity contribution is -0.149. The number of aryl methyl sites for hydroxylation is 2. The van der Waals surface area contributed by atoms with E-state index < -0.39 is 24.3 Å². The molecule has 0 aliphatic heterocycles. The summed E-state index contributed by atoms with van der Waals surface area (Å²) >= 11 is 0. The van der Waals surface area contributed by atoms with Gasteiger partial charge >= 0.3 is 5.97 Å². The number of ether oxygens (including phenoxy) is 2. The van der Waals surface area contributed by atoms with Gasteiger partial charge in [-0.25, -0.2) is 9.18 Å². The van der Waals surface area contributed by atoms with Crippen molar-refractivity contribution in [3.05, 3.63) is 59.4 Å². The van der Waals surface area contributed by atoms with Gasteiger partial charge in [0.05, 0.1) is 0 Å². The Morgan fingerprint density at radius 3 is 2.56 bits per heavy atom. The van der Waals surface area contributed by atoms with Gasteiger partial charge in [-0.2, -0.15) is 0 Å². The summed E-state index contributed by atoms with van der Waals surface area (Å²) in [7, 11) is 0. The number of fused-ring (bicyclic) bond motifs is 1. The summed E-state index contributed by atoms with van der Waals surface area (Å²) in [5.74, 6) is -0.909. The van der Waals surface area contributed by atoms with Gasteiger partial charge in [0.15, 0.2) is 13.2 Å². The molecule has 0 saturated heterocycles. The number of anilines is 1. The summed E-state index contributed by atoms with van der Waals surface area (Å²) in [5, 5.41) is 2.50. The van der Waals surface area contributed by atoms with Gasteiger partial charge in [0.25, 0.3) is 5.91 Å². The normalized spacial score (nSPS) is 12.4. The molecule has 0 spiro atoms. The van der Waals surface area contributed by atoms with Gasteiger partial charge in [-0.1, -0.05) is 6.07 Å². The maximum Gasteiger partial charge on any atom is 0.344 e. The molecule has 1 aliphatic rings. The zero-order chi connectivity index (χ0) is 17.6. The third-order valence-corrected chi connectivity index (χ3v) is 3.92. The van der Waals surface area contributed by atoms with Crippen molar-refractivity contribution in [2.45, 2.75) is 19.3 Å². The highest BCUT2D eigenvalue weighted by Crippen LogP contribution is 2.25. The number of halogens is 1. The predicted molar refractivity (Wildman–Crippen MR) is 90.0 cm³/mol. The fraction of sp³-hybridized carbons (Fsp3) is 0.263. The van der Waals surface area contributed by atoms with E-state index in [4.69, 9.17) is 9.47 Å². The summed E-state index contributed by atoms with van der Waals surface area (Å²) in [6, 6.07) is 11.1. The summed E-state index contributed by atoms with van der Waals surface area (Å²) in [6.07, 6.45) is 3.26. The molecule has 1 amide bonds. The van der Waals surface area contributed by atoms with E-state index in [-0.39, 0.29) is 6.61 Å². The highest BCUT2D eigenvalue weighted by molar-refractivity contribution is 5.92. The lowest BCUT2D eigenvalue weighted by Gasteiger charge is -2.09. The van der Waals surface area contributed by atoms with Crippen molar-refractivity contribution in [2.75, 3.05) is 18.5 Å². The topological polar surface area (TPSA) is 64.6 Å². The number of hydrogen-bond donors (Lipinski definition) is 1. The molecule has 25 heavy (non-hydrogen) atoms. The molecule has 0 heterocycles. The van der Waals surface area contributed by atoms with E-state index in [1.54, 1.807) is 0 Å². The minimum Gasteiger partial charge on any atom is -0.482 e. The third kappa shape index (κ3) is 4.79. The Kier molecular flexibility index (Phi) is 5.28. The smallest absolute Gasteiger partial charge is 0.344 e. The fourth-order valence-corrected chi connectivity index (χ4v) is 2.70. The number of carbonyl (C=O) groups is 2. The molecule has 0 bridgehead atoms. The number of carbonyl (C=O) groups excluding carboxylic acids is 2. The molecule has 0 fully saturated rings. The predicted octanol–water partition coefficient (Wildman–Crippen LogP) is 2.88. The molecule has 6 heteroatoms. The first-order chi connectivity index (χ1) is 12.1. The first-order valence-corrected chi connectivity index (χ1v) is 8.06. The van der Waals surface area contributed by atoms with Crippen LogP contribution in [0.4, 0.5) is 10.1 Å².